The molecule has 0 aliphatic rings. The zero-order valence-electron chi connectivity index (χ0n) is 14.2. The monoisotopic (exact) mass is 337 g/mol. The van der Waals surface area contributed by atoms with Gasteiger partial charge >= 0.3 is 0 Å². The normalized spacial score (nSPS) is 12.7. The first-order valence-electron chi connectivity index (χ1n) is 7.21. The van der Waals surface area contributed by atoms with Crippen LogP contribution in [0.4, 0.5) is 5.95 Å². The van der Waals surface area contributed by atoms with Gasteiger partial charge in [-0.15, -0.1) is 0 Å². The minimum atomic E-state index is -2.05. The van der Waals surface area contributed by atoms with Crippen LogP contribution >= 0.6 is 0 Å². The summed E-state index contributed by atoms with van der Waals surface area (Å²) in [6.07, 6.45) is 1.69. The number of anilines is 1. The van der Waals surface area contributed by atoms with Crippen LogP contribution in [0.15, 0.2) is 11.1 Å². The number of nitrogens with zero attached hydrogens (tertiary/aromatic N) is 4. The highest BCUT2D eigenvalue weighted by Gasteiger charge is 2.28. The van der Waals surface area contributed by atoms with Crippen LogP contribution in [-0.2, 0) is 4.79 Å². The van der Waals surface area contributed by atoms with Gasteiger partial charge in [-0.3, -0.25) is 14.9 Å². The third-order valence-electron chi connectivity index (χ3n) is 3.25. The predicted octanol–water partition coefficient (Wildman–Crippen LogP) is 1.92. The van der Waals surface area contributed by atoms with E-state index in [1.165, 1.54) is 6.92 Å². The molecule has 0 bridgehead atoms. The summed E-state index contributed by atoms with van der Waals surface area (Å²) in [5.74, 6) is 0.0847. The molecule has 9 heteroatoms. The molecule has 0 aliphatic heterocycles. The minimum Gasteiger partial charge on any atom is -0.344 e. The van der Waals surface area contributed by atoms with Gasteiger partial charge in [0.05, 0.1) is 6.33 Å². The Balaban J connectivity index is 2.89. The molecule has 1 amide bonds. The second kappa shape index (κ2) is 5.16. The van der Waals surface area contributed by atoms with E-state index in [2.05, 4.69) is 34.9 Å². The number of amides is 1. The Bertz CT molecular complexity index is 796. The van der Waals surface area contributed by atoms with Gasteiger partial charge in [0.2, 0.25) is 11.9 Å². The molecule has 0 unspecified atom stereocenters. The number of fused-ring (bicyclic) bond motifs is 1. The summed E-state index contributed by atoms with van der Waals surface area (Å²) >= 11 is 0. The Morgan fingerprint density at radius 2 is 1.73 bits per heavy atom. The summed E-state index contributed by atoms with van der Waals surface area (Å²) in [6, 6.07) is 0. The number of imidazole rings is 1. The van der Waals surface area contributed by atoms with Gasteiger partial charge in [0.1, 0.15) is 0 Å². The number of hydrogen-bond acceptors (Lipinski definition) is 4. The SMILES string of the molecule is CC(=O)Nc1nc2c(ncn2[Si](C)(C)C)c(=O)n1[Si](C)(C)C. The topological polar surface area (TPSA) is 81.8 Å². The number of carbonyl (C=O) groups excluding carboxylic acids is 1. The van der Waals surface area contributed by atoms with Crippen LogP contribution in [0.3, 0.4) is 0 Å². The number of rotatable bonds is 3. The molecule has 2 aromatic rings. The van der Waals surface area contributed by atoms with Crippen molar-refractivity contribution in [3.63, 3.8) is 0 Å². The second-order valence-corrected chi connectivity index (χ2v) is 17.0. The molecule has 2 aromatic heterocycles. The van der Waals surface area contributed by atoms with Crippen molar-refractivity contribution in [2.75, 3.05) is 5.32 Å². The van der Waals surface area contributed by atoms with Crippen LogP contribution < -0.4 is 10.9 Å². The smallest absolute Gasteiger partial charge is 0.275 e. The minimum absolute atomic E-state index is 0.176. The molecule has 1 N–H and O–H groups in total. The molecule has 0 atom stereocenters. The first-order valence-corrected chi connectivity index (χ1v) is 14.1. The largest absolute Gasteiger partial charge is 0.344 e. The van der Waals surface area contributed by atoms with E-state index >= 15 is 0 Å². The van der Waals surface area contributed by atoms with E-state index in [0.29, 0.717) is 17.1 Å². The van der Waals surface area contributed by atoms with Crippen molar-refractivity contribution >= 4 is 39.5 Å². The fourth-order valence-corrected chi connectivity index (χ4v) is 4.96. The van der Waals surface area contributed by atoms with Crippen molar-refractivity contribution in [2.45, 2.75) is 46.2 Å². The lowest BCUT2D eigenvalue weighted by atomic mass is 10.5. The van der Waals surface area contributed by atoms with Crippen LogP contribution in [0.5, 0.6) is 0 Å². The maximum absolute atomic E-state index is 12.9. The average Bonchev–Trinajstić information content (AvgIpc) is 2.69. The summed E-state index contributed by atoms with van der Waals surface area (Å²) in [5.41, 5.74) is 0.756. The van der Waals surface area contributed by atoms with E-state index in [0.717, 1.165) is 0 Å². The second-order valence-electron chi connectivity index (χ2n) is 7.39. The van der Waals surface area contributed by atoms with Crippen LogP contribution in [0.1, 0.15) is 6.92 Å². The fourth-order valence-electron chi connectivity index (χ4n) is 2.31. The van der Waals surface area contributed by atoms with E-state index in [-0.39, 0.29) is 11.5 Å². The fraction of sp³-hybridized carbons (Fsp3) is 0.538. The van der Waals surface area contributed by atoms with Gasteiger partial charge in [-0.1, -0.05) is 39.3 Å². The third-order valence-corrected chi connectivity index (χ3v) is 6.78. The van der Waals surface area contributed by atoms with Gasteiger partial charge < -0.3 is 8.47 Å². The molecule has 2 rings (SSSR count). The van der Waals surface area contributed by atoms with Crippen molar-refractivity contribution in [1.82, 2.24) is 18.4 Å². The Morgan fingerprint density at radius 1 is 1.14 bits per heavy atom. The van der Waals surface area contributed by atoms with Crippen molar-refractivity contribution in [1.29, 1.82) is 0 Å². The Kier molecular flexibility index (Phi) is 3.90. The molecule has 0 saturated carbocycles. The van der Waals surface area contributed by atoms with Gasteiger partial charge in [-0.2, -0.15) is 4.98 Å². The van der Waals surface area contributed by atoms with E-state index < -0.39 is 16.5 Å². The van der Waals surface area contributed by atoms with Crippen LogP contribution in [0.2, 0.25) is 39.3 Å². The maximum Gasteiger partial charge on any atom is 0.275 e. The summed E-state index contributed by atoms with van der Waals surface area (Å²) < 4.78 is 3.61. The molecule has 22 heavy (non-hydrogen) atoms. The van der Waals surface area contributed by atoms with Crippen LogP contribution in [0.25, 0.3) is 11.2 Å². The lowest BCUT2D eigenvalue weighted by molar-refractivity contribution is -0.114. The quantitative estimate of drug-likeness (QED) is 0.868. The highest BCUT2D eigenvalue weighted by molar-refractivity contribution is 6.75. The van der Waals surface area contributed by atoms with Gasteiger partial charge in [0, 0.05) is 6.92 Å². The van der Waals surface area contributed by atoms with E-state index in [1.54, 1.807) is 10.6 Å². The first-order chi connectivity index (χ1) is 9.93. The van der Waals surface area contributed by atoms with Crippen molar-refractivity contribution in [2.24, 2.45) is 0 Å². The van der Waals surface area contributed by atoms with Crippen LogP contribution in [0, 0.1) is 0 Å². The highest BCUT2D eigenvalue weighted by Crippen LogP contribution is 2.18. The van der Waals surface area contributed by atoms with Crippen molar-refractivity contribution < 1.29 is 4.79 Å². The predicted molar refractivity (Wildman–Crippen MR) is 93.6 cm³/mol. The number of aromatic nitrogens is 4. The summed E-state index contributed by atoms with van der Waals surface area (Å²) in [7, 11) is -3.81. The number of nitrogens with one attached hydrogen (secondary N) is 1. The molecule has 0 fully saturated rings. The maximum atomic E-state index is 12.9. The first kappa shape index (κ1) is 16.6. The molecular weight excluding hydrogens is 314 g/mol. The average molecular weight is 338 g/mol. The lowest BCUT2D eigenvalue weighted by Gasteiger charge is -2.24. The Labute approximate surface area is 131 Å². The van der Waals surface area contributed by atoms with E-state index in [4.69, 9.17) is 0 Å². The molecule has 0 spiro atoms. The zero-order chi connectivity index (χ0) is 16.9. The Hall–Kier alpha value is -1.75. The zero-order valence-corrected chi connectivity index (χ0v) is 16.2. The van der Waals surface area contributed by atoms with Gasteiger partial charge in [0.25, 0.3) is 5.56 Å². The third kappa shape index (κ3) is 2.90. The van der Waals surface area contributed by atoms with Crippen molar-refractivity contribution in [3.05, 3.63) is 16.7 Å². The van der Waals surface area contributed by atoms with Gasteiger partial charge in [-0.05, 0) is 0 Å². The highest BCUT2D eigenvalue weighted by atomic mass is 28.3. The molecule has 7 nitrogen and oxygen atoms in total. The molecular formula is C13H23N5O2Si2. The molecule has 0 aromatic carbocycles. The lowest BCUT2D eigenvalue weighted by Crippen LogP contribution is -2.44. The summed E-state index contributed by atoms with van der Waals surface area (Å²) in [6.45, 7) is 14.0. The molecule has 0 saturated heterocycles. The molecule has 120 valence electrons. The summed E-state index contributed by atoms with van der Waals surface area (Å²) in [4.78, 5) is 33.2. The number of hydrogen-bond donors (Lipinski definition) is 1. The summed E-state index contributed by atoms with van der Waals surface area (Å²) in [5, 5.41) is 2.70. The van der Waals surface area contributed by atoms with E-state index in [9.17, 15) is 9.59 Å². The van der Waals surface area contributed by atoms with Gasteiger partial charge in [-0.25, -0.2) is 4.98 Å². The van der Waals surface area contributed by atoms with Crippen molar-refractivity contribution in [3.8, 4) is 0 Å². The number of carbonyl (C=O) groups is 1. The molecule has 2 heterocycles. The van der Waals surface area contributed by atoms with Crippen LogP contribution in [-0.4, -0.2) is 40.8 Å². The Morgan fingerprint density at radius 3 is 2.18 bits per heavy atom. The van der Waals surface area contributed by atoms with Gasteiger partial charge in [0.15, 0.2) is 27.6 Å². The van der Waals surface area contributed by atoms with E-state index in [1.807, 2.05) is 23.9 Å². The molecule has 0 aliphatic carbocycles. The standard InChI is InChI=1S/C13H23N5O2Si2/c1-9(19)15-13-16-11-10(12(20)18(13)22(5,6)7)14-8-17(11)21(2,3)4/h8H,1-7H3,(H,15,16,19). The molecule has 0 radical (unpaired) electrons.